The molecular weight excluding hydrogens is 359 g/mol. The summed E-state index contributed by atoms with van der Waals surface area (Å²) in [5.74, 6) is 0.614. The Balaban J connectivity index is 2.54. The second kappa shape index (κ2) is 8.86. The monoisotopic (exact) mass is 389 g/mol. The van der Waals surface area contributed by atoms with E-state index in [1.807, 2.05) is 65.8 Å². The highest BCUT2D eigenvalue weighted by Crippen LogP contribution is 2.41. The molecular formula is C22H30O4P+. The summed E-state index contributed by atoms with van der Waals surface area (Å²) in [5, 5.41) is 20.3. The van der Waals surface area contributed by atoms with Crippen LogP contribution in [-0.2, 0) is 9.09 Å². The summed E-state index contributed by atoms with van der Waals surface area (Å²) in [6.45, 7) is 11.8. The first kappa shape index (κ1) is 21.4. The Kier molecular flexibility index (Phi) is 7.02. The molecule has 4 nitrogen and oxygen atoms in total. The fourth-order valence-electron chi connectivity index (χ4n) is 3.53. The first-order valence-electron chi connectivity index (χ1n) is 9.35. The van der Waals surface area contributed by atoms with E-state index in [1.54, 1.807) is 0 Å². The van der Waals surface area contributed by atoms with Crippen LogP contribution in [-0.4, -0.2) is 22.5 Å². The van der Waals surface area contributed by atoms with Crippen LogP contribution in [0.1, 0.15) is 59.6 Å². The molecule has 0 bridgehead atoms. The highest BCUT2D eigenvalue weighted by atomic mass is 31.1. The Morgan fingerprint density at radius 3 is 1.59 bits per heavy atom. The van der Waals surface area contributed by atoms with E-state index in [1.165, 1.54) is 0 Å². The predicted octanol–water partition coefficient (Wildman–Crippen LogP) is 6.02. The van der Waals surface area contributed by atoms with E-state index < -0.39 is 8.03 Å². The van der Waals surface area contributed by atoms with Crippen LogP contribution in [0.2, 0.25) is 0 Å². The maximum Gasteiger partial charge on any atom is 0.510 e. The van der Waals surface area contributed by atoms with E-state index in [4.69, 9.17) is 4.52 Å². The van der Waals surface area contributed by atoms with Gasteiger partial charge >= 0.3 is 8.03 Å². The zero-order valence-electron chi connectivity index (χ0n) is 17.0. The van der Waals surface area contributed by atoms with Crippen LogP contribution in [0.25, 0.3) is 0 Å². The van der Waals surface area contributed by atoms with Gasteiger partial charge in [0.05, 0.1) is 6.61 Å². The molecule has 2 unspecified atom stereocenters. The third kappa shape index (κ3) is 4.88. The standard InChI is InChI=1S/C22H29O4P/c1-7-26-27(25)17(6)12-20(18-8-13(2)21(23)14(3)9-18)19-10-15(4)22(24)16(5)11-19/h8-11,17,20H,7,12H2,1-6H3,(H-,23,24)/p+1. The zero-order valence-corrected chi connectivity index (χ0v) is 17.9. The summed E-state index contributed by atoms with van der Waals surface area (Å²) in [4.78, 5) is 0. The number of aromatic hydroxyl groups is 2. The van der Waals surface area contributed by atoms with Crippen LogP contribution < -0.4 is 0 Å². The number of hydrogen-bond donors (Lipinski definition) is 2. The third-order valence-electron chi connectivity index (χ3n) is 5.02. The van der Waals surface area contributed by atoms with E-state index in [0.717, 1.165) is 33.4 Å². The molecule has 146 valence electrons. The van der Waals surface area contributed by atoms with E-state index in [2.05, 4.69) is 0 Å². The summed E-state index contributed by atoms with van der Waals surface area (Å²) < 4.78 is 17.7. The van der Waals surface area contributed by atoms with Gasteiger partial charge in [-0.2, -0.15) is 0 Å². The fourth-order valence-corrected chi connectivity index (χ4v) is 4.42. The Hall–Kier alpha value is -1.90. The summed E-state index contributed by atoms with van der Waals surface area (Å²) in [7, 11) is -1.75. The van der Waals surface area contributed by atoms with Crippen LogP contribution in [0.4, 0.5) is 0 Å². The minimum atomic E-state index is -1.75. The number of phenolic OH excluding ortho intramolecular Hbond substituents is 2. The molecule has 2 aromatic rings. The molecule has 0 saturated carbocycles. The summed E-state index contributed by atoms with van der Waals surface area (Å²) in [6.07, 6.45) is 0.655. The Bertz CT molecular complexity index is 741. The van der Waals surface area contributed by atoms with Gasteiger partial charge in [0, 0.05) is 12.3 Å². The summed E-state index contributed by atoms with van der Waals surface area (Å²) >= 11 is 0. The summed E-state index contributed by atoms with van der Waals surface area (Å²) in [5.41, 5.74) is 5.31. The lowest BCUT2D eigenvalue weighted by Gasteiger charge is -2.21. The Morgan fingerprint density at radius 2 is 1.26 bits per heavy atom. The Morgan fingerprint density at radius 1 is 0.889 bits per heavy atom. The van der Waals surface area contributed by atoms with Gasteiger partial charge in [-0.15, -0.1) is 4.52 Å². The lowest BCUT2D eigenvalue weighted by Crippen LogP contribution is -2.10. The van der Waals surface area contributed by atoms with Crippen molar-refractivity contribution in [2.45, 2.75) is 59.5 Å². The molecule has 2 atom stereocenters. The minimum Gasteiger partial charge on any atom is -0.507 e. The molecule has 2 N–H and O–H groups in total. The van der Waals surface area contributed by atoms with Gasteiger partial charge in [-0.25, -0.2) is 0 Å². The number of aryl methyl sites for hydroxylation is 4. The molecule has 2 aromatic carbocycles. The second-order valence-corrected chi connectivity index (χ2v) is 9.06. The molecule has 0 heterocycles. The van der Waals surface area contributed by atoms with Crippen LogP contribution in [0, 0.1) is 27.7 Å². The largest absolute Gasteiger partial charge is 0.510 e. The van der Waals surface area contributed by atoms with Crippen molar-refractivity contribution >= 4 is 8.03 Å². The molecule has 0 aliphatic carbocycles. The smallest absolute Gasteiger partial charge is 0.507 e. The molecule has 27 heavy (non-hydrogen) atoms. The number of rotatable bonds is 7. The lowest BCUT2D eigenvalue weighted by molar-refractivity contribution is 0.342. The van der Waals surface area contributed by atoms with Gasteiger partial charge in [0.25, 0.3) is 0 Å². The molecule has 0 radical (unpaired) electrons. The quantitative estimate of drug-likeness (QED) is 0.568. The average molecular weight is 389 g/mol. The highest BCUT2D eigenvalue weighted by Gasteiger charge is 2.32. The van der Waals surface area contributed by atoms with Crippen LogP contribution in [0.15, 0.2) is 24.3 Å². The first-order valence-corrected chi connectivity index (χ1v) is 10.6. The molecule has 0 aliphatic rings. The number of benzene rings is 2. The predicted molar refractivity (Wildman–Crippen MR) is 110 cm³/mol. The van der Waals surface area contributed by atoms with Gasteiger partial charge in [-0.3, -0.25) is 0 Å². The van der Waals surface area contributed by atoms with Crippen molar-refractivity contribution < 1.29 is 19.3 Å². The van der Waals surface area contributed by atoms with Crippen molar-refractivity contribution in [3.63, 3.8) is 0 Å². The lowest BCUT2D eigenvalue weighted by atomic mass is 9.84. The van der Waals surface area contributed by atoms with Crippen LogP contribution in [0.3, 0.4) is 0 Å². The molecule has 0 spiro atoms. The van der Waals surface area contributed by atoms with Gasteiger partial charge < -0.3 is 10.2 Å². The number of phenols is 2. The van der Waals surface area contributed by atoms with Crippen molar-refractivity contribution in [3.8, 4) is 11.5 Å². The van der Waals surface area contributed by atoms with E-state index in [-0.39, 0.29) is 11.6 Å². The second-order valence-electron chi connectivity index (χ2n) is 7.35. The van der Waals surface area contributed by atoms with Gasteiger partial charge in [0.1, 0.15) is 11.5 Å². The van der Waals surface area contributed by atoms with Crippen molar-refractivity contribution in [2.75, 3.05) is 6.61 Å². The zero-order chi connectivity index (χ0) is 20.3. The molecule has 2 rings (SSSR count). The maximum absolute atomic E-state index is 12.4. The van der Waals surface area contributed by atoms with Crippen LogP contribution in [0.5, 0.6) is 11.5 Å². The molecule has 0 aliphatic heterocycles. The van der Waals surface area contributed by atoms with Gasteiger partial charge in [0.2, 0.25) is 0 Å². The van der Waals surface area contributed by atoms with Crippen molar-refractivity contribution in [2.24, 2.45) is 0 Å². The van der Waals surface area contributed by atoms with E-state index in [0.29, 0.717) is 24.5 Å². The number of hydrogen-bond acceptors (Lipinski definition) is 4. The van der Waals surface area contributed by atoms with Gasteiger partial charge in [-0.1, -0.05) is 24.3 Å². The molecule has 0 amide bonds. The van der Waals surface area contributed by atoms with Crippen LogP contribution >= 0.6 is 8.03 Å². The van der Waals surface area contributed by atoms with E-state index >= 15 is 0 Å². The minimum absolute atomic E-state index is 0.00425. The highest BCUT2D eigenvalue weighted by molar-refractivity contribution is 7.40. The topological polar surface area (TPSA) is 66.8 Å². The maximum atomic E-state index is 12.4. The normalized spacial score (nSPS) is 13.1. The van der Waals surface area contributed by atoms with E-state index in [9.17, 15) is 14.8 Å². The third-order valence-corrected chi connectivity index (χ3v) is 6.47. The fraction of sp³-hybridized carbons (Fsp3) is 0.455. The molecule has 5 heteroatoms. The van der Waals surface area contributed by atoms with Crippen molar-refractivity contribution in [1.82, 2.24) is 0 Å². The van der Waals surface area contributed by atoms with Crippen molar-refractivity contribution in [1.29, 1.82) is 0 Å². The van der Waals surface area contributed by atoms with Gasteiger partial charge in [0.15, 0.2) is 5.66 Å². The van der Waals surface area contributed by atoms with Gasteiger partial charge in [-0.05, 0) is 79.5 Å². The SMILES string of the molecule is CCO[P+](=O)C(C)CC(c1cc(C)c(O)c(C)c1)c1cc(C)c(O)c(C)c1. The molecule has 0 fully saturated rings. The molecule has 0 aromatic heterocycles. The Labute approximate surface area is 163 Å². The average Bonchev–Trinajstić information content (AvgIpc) is 2.61. The summed E-state index contributed by atoms with van der Waals surface area (Å²) in [6, 6.07) is 7.96. The first-order chi connectivity index (χ1) is 12.6. The molecule has 0 saturated heterocycles. The van der Waals surface area contributed by atoms with Crippen molar-refractivity contribution in [3.05, 3.63) is 57.6 Å².